The van der Waals surface area contributed by atoms with Crippen LogP contribution in [0.1, 0.15) is 29.6 Å². The highest BCUT2D eigenvalue weighted by Crippen LogP contribution is 2.48. The molecule has 2 N–H and O–H groups in total. The van der Waals surface area contributed by atoms with Gasteiger partial charge in [-0.05, 0) is 42.5 Å². The average Bonchev–Trinajstić information content (AvgIpc) is 3.05. The number of rotatable bonds is 3. The maximum absolute atomic E-state index is 12.0. The molecule has 0 spiro atoms. The van der Waals surface area contributed by atoms with Crippen LogP contribution in [0.4, 0.5) is 0 Å². The van der Waals surface area contributed by atoms with Crippen molar-refractivity contribution in [2.75, 3.05) is 0 Å². The van der Waals surface area contributed by atoms with E-state index >= 15 is 0 Å². The third-order valence-corrected chi connectivity index (χ3v) is 4.97. The fourth-order valence-corrected chi connectivity index (χ4v) is 4.12. The second-order valence-corrected chi connectivity index (χ2v) is 5.99. The number of hydrogen-bond acceptors (Lipinski definition) is 3. The van der Waals surface area contributed by atoms with Crippen LogP contribution in [0.3, 0.4) is 0 Å². The number of carboxylic acids is 1. The lowest BCUT2D eigenvalue weighted by atomic mass is 9.84. The molecule has 18 heavy (non-hydrogen) atoms. The zero-order valence-corrected chi connectivity index (χ0v) is 10.7. The van der Waals surface area contributed by atoms with Crippen molar-refractivity contribution in [2.45, 2.75) is 25.3 Å². The van der Waals surface area contributed by atoms with Gasteiger partial charge in [0.25, 0.3) is 5.91 Å². The fourth-order valence-electron chi connectivity index (χ4n) is 3.48. The molecular weight excluding hydrogens is 250 g/mol. The summed E-state index contributed by atoms with van der Waals surface area (Å²) in [7, 11) is 0. The van der Waals surface area contributed by atoms with E-state index in [4.69, 9.17) is 0 Å². The number of carboxylic acid groups (broad SMARTS) is 1. The van der Waals surface area contributed by atoms with E-state index in [1.54, 1.807) is 11.4 Å². The Morgan fingerprint density at radius 3 is 2.78 bits per heavy atom. The van der Waals surface area contributed by atoms with Gasteiger partial charge in [0.05, 0.1) is 5.92 Å². The van der Waals surface area contributed by atoms with Gasteiger partial charge < -0.3 is 10.4 Å². The van der Waals surface area contributed by atoms with Crippen molar-refractivity contribution in [2.24, 2.45) is 17.8 Å². The quantitative estimate of drug-likeness (QED) is 0.878. The Morgan fingerprint density at radius 2 is 2.11 bits per heavy atom. The van der Waals surface area contributed by atoms with Crippen LogP contribution in [0.25, 0.3) is 0 Å². The Kier molecular flexibility index (Phi) is 2.86. The number of carbonyl (C=O) groups excluding carboxylic acids is 1. The molecule has 2 fully saturated rings. The minimum atomic E-state index is -0.766. The van der Waals surface area contributed by atoms with Gasteiger partial charge in [0.15, 0.2) is 0 Å². The van der Waals surface area contributed by atoms with Crippen molar-refractivity contribution < 1.29 is 14.7 Å². The van der Waals surface area contributed by atoms with Gasteiger partial charge in [-0.3, -0.25) is 9.59 Å². The van der Waals surface area contributed by atoms with Gasteiger partial charge in [0.1, 0.15) is 0 Å². The van der Waals surface area contributed by atoms with Crippen molar-refractivity contribution in [1.82, 2.24) is 5.32 Å². The highest BCUT2D eigenvalue weighted by atomic mass is 32.1. The Morgan fingerprint density at radius 1 is 1.33 bits per heavy atom. The van der Waals surface area contributed by atoms with Crippen LogP contribution in [0.15, 0.2) is 16.8 Å². The van der Waals surface area contributed by atoms with Crippen LogP contribution in [-0.4, -0.2) is 23.0 Å². The lowest BCUT2D eigenvalue weighted by Gasteiger charge is -2.28. The first-order chi connectivity index (χ1) is 8.66. The van der Waals surface area contributed by atoms with E-state index in [0.29, 0.717) is 11.5 Å². The molecule has 96 valence electrons. The van der Waals surface area contributed by atoms with Crippen LogP contribution in [0, 0.1) is 17.8 Å². The van der Waals surface area contributed by atoms with E-state index in [0.717, 1.165) is 19.3 Å². The number of nitrogens with one attached hydrogen (secondary N) is 1. The Hall–Kier alpha value is -1.36. The maximum atomic E-state index is 12.0. The molecule has 5 heteroatoms. The van der Waals surface area contributed by atoms with Crippen molar-refractivity contribution >= 4 is 23.2 Å². The molecular formula is C13H15NO3S. The van der Waals surface area contributed by atoms with Gasteiger partial charge in [-0.25, -0.2) is 0 Å². The smallest absolute Gasteiger partial charge is 0.308 e. The van der Waals surface area contributed by atoms with Gasteiger partial charge in [-0.1, -0.05) is 0 Å². The van der Waals surface area contributed by atoms with Gasteiger partial charge in [0.2, 0.25) is 0 Å². The summed E-state index contributed by atoms with van der Waals surface area (Å²) in [6.07, 6.45) is 2.99. The maximum Gasteiger partial charge on any atom is 0.308 e. The summed E-state index contributed by atoms with van der Waals surface area (Å²) in [5.41, 5.74) is 0.631. The number of fused-ring (bicyclic) bond motifs is 2. The van der Waals surface area contributed by atoms with Crippen LogP contribution >= 0.6 is 11.3 Å². The number of hydrogen-bond donors (Lipinski definition) is 2. The molecule has 0 aliphatic heterocycles. The van der Waals surface area contributed by atoms with E-state index < -0.39 is 11.9 Å². The van der Waals surface area contributed by atoms with E-state index in [9.17, 15) is 14.7 Å². The predicted molar refractivity (Wildman–Crippen MR) is 67.5 cm³/mol. The first kappa shape index (κ1) is 11.7. The first-order valence-corrected chi connectivity index (χ1v) is 7.17. The summed E-state index contributed by atoms with van der Waals surface area (Å²) in [6.45, 7) is 0. The number of carbonyl (C=O) groups is 2. The molecule has 0 radical (unpaired) electrons. The van der Waals surface area contributed by atoms with E-state index in [2.05, 4.69) is 5.32 Å². The normalized spacial score (nSPS) is 33.6. The van der Waals surface area contributed by atoms with Crippen molar-refractivity contribution in [3.8, 4) is 0 Å². The fraction of sp³-hybridized carbons (Fsp3) is 0.538. The number of aliphatic carboxylic acids is 1. The second-order valence-electron chi connectivity index (χ2n) is 5.21. The van der Waals surface area contributed by atoms with Crippen molar-refractivity contribution in [3.05, 3.63) is 22.4 Å². The molecule has 2 bridgehead atoms. The molecule has 4 atom stereocenters. The minimum Gasteiger partial charge on any atom is -0.481 e. The first-order valence-electron chi connectivity index (χ1n) is 6.22. The molecule has 4 unspecified atom stereocenters. The second kappa shape index (κ2) is 4.39. The standard InChI is InChI=1S/C13H15NO3S/c15-12(9-3-4-18-6-9)14-11-8-2-1-7(5-8)10(11)13(16)17/h3-4,6-8,10-11H,1-2,5H2,(H,14,15)(H,16,17). The molecule has 0 saturated heterocycles. The summed E-state index contributed by atoms with van der Waals surface area (Å²) in [5, 5.41) is 15.9. The third kappa shape index (κ3) is 1.82. The largest absolute Gasteiger partial charge is 0.481 e. The van der Waals surface area contributed by atoms with Gasteiger partial charge >= 0.3 is 5.97 Å². The summed E-state index contributed by atoms with van der Waals surface area (Å²) >= 11 is 1.47. The molecule has 1 heterocycles. The van der Waals surface area contributed by atoms with E-state index in [-0.39, 0.29) is 17.9 Å². The summed E-state index contributed by atoms with van der Waals surface area (Å²) in [6, 6.07) is 1.58. The molecule has 2 aliphatic carbocycles. The molecule has 2 aliphatic rings. The predicted octanol–water partition coefficient (Wildman–Crippen LogP) is 1.98. The van der Waals surface area contributed by atoms with E-state index in [1.807, 2.05) is 5.38 Å². The molecule has 0 aromatic carbocycles. The van der Waals surface area contributed by atoms with Crippen LogP contribution in [0.2, 0.25) is 0 Å². The van der Waals surface area contributed by atoms with Crippen LogP contribution in [-0.2, 0) is 4.79 Å². The van der Waals surface area contributed by atoms with E-state index in [1.165, 1.54) is 11.3 Å². The monoisotopic (exact) mass is 265 g/mol. The Balaban J connectivity index is 1.75. The molecule has 1 amide bonds. The highest BCUT2D eigenvalue weighted by Gasteiger charge is 2.51. The Bertz CT molecular complexity index is 471. The van der Waals surface area contributed by atoms with Crippen LogP contribution in [0.5, 0.6) is 0 Å². The zero-order valence-electron chi connectivity index (χ0n) is 9.83. The molecule has 1 aromatic rings. The van der Waals surface area contributed by atoms with Gasteiger partial charge in [-0.2, -0.15) is 11.3 Å². The molecule has 1 aromatic heterocycles. The van der Waals surface area contributed by atoms with Crippen molar-refractivity contribution in [3.63, 3.8) is 0 Å². The summed E-state index contributed by atoms with van der Waals surface area (Å²) in [4.78, 5) is 23.3. The van der Waals surface area contributed by atoms with Crippen molar-refractivity contribution in [1.29, 1.82) is 0 Å². The zero-order chi connectivity index (χ0) is 12.7. The minimum absolute atomic E-state index is 0.139. The molecule has 3 rings (SSSR count). The lowest BCUT2D eigenvalue weighted by Crippen LogP contribution is -2.46. The summed E-state index contributed by atoms with van der Waals surface area (Å²) in [5.74, 6) is -0.705. The number of thiophene rings is 1. The summed E-state index contributed by atoms with van der Waals surface area (Å²) < 4.78 is 0. The topological polar surface area (TPSA) is 66.4 Å². The average molecular weight is 265 g/mol. The number of amides is 1. The van der Waals surface area contributed by atoms with Gasteiger partial charge in [0, 0.05) is 17.0 Å². The lowest BCUT2D eigenvalue weighted by molar-refractivity contribution is -0.144. The molecule has 4 nitrogen and oxygen atoms in total. The third-order valence-electron chi connectivity index (χ3n) is 4.28. The highest BCUT2D eigenvalue weighted by molar-refractivity contribution is 7.08. The van der Waals surface area contributed by atoms with Crippen LogP contribution < -0.4 is 5.32 Å². The Labute approximate surface area is 109 Å². The molecule has 2 saturated carbocycles. The SMILES string of the molecule is O=C(NC1C2CCC(C2)C1C(=O)O)c1ccsc1. The van der Waals surface area contributed by atoms with Gasteiger partial charge in [-0.15, -0.1) is 0 Å².